The van der Waals surface area contributed by atoms with E-state index in [1.54, 1.807) is 11.8 Å². The quantitative estimate of drug-likeness (QED) is 0.879. The van der Waals surface area contributed by atoms with E-state index in [2.05, 4.69) is 0 Å². The van der Waals surface area contributed by atoms with Gasteiger partial charge in [-0.2, -0.15) is 0 Å². The maximum absolute atomic E-state index is 12.7. The standard InChI is InChI=1S/C14H22N2O5S/c1-9-10(6-11(20-9)22(15,18)19)12(17)16-7-13(2,3)21-14(4,5)8-16/h6H,7-8H2,1-5H3,(H2,15,18,19). The number of carbonyl (C=O) groups is 1. The van der Waals surface area contributed by atoms with Gasteiger partial charge in [0.15, 0.2) is 0 Å². The molecule has 0 aliphatic carbocycles. The summed E-state index contributed by atoms with van der Waals surface area (Å²) in [5, 5.41) is 4.63. The molecule has 0 unspecified atom stereocenters. The molecule has 0 spiro atoms. The van der Waals surface area contributed by atoms with Crippen LogP contribution in [0.1, 0.15) is 43.8 Å². The second-order valence-electron chi connectivity index (χ2n) is 6.86. The van der Waals surface area contributed by atoms with Crippen molar-refractivity contribution in [3.8, 4) is 0 Å². The van der Waals surface area contributed by atoms with Crippen LogP contribution in [0.5, 0.6) is 0 Å². The van der Waals surface area contributed by atoms with Crippen molar-refractivity contribution in [2.75, 3.05) is 13.1 Å². The number of nitrogens with two attached hydrogens (primary N) is 1. The van der Waals surface area contributed by atoms with Gasteiger partial charge >= 0.3 is 0 Å². The third-order valence-electron chi connectivity index (χ3n) is 3.39. The molecular weight excluding hydrogens is 308 g/mol. The van der Waals surface area contributed by atoms with Crippen molar-refractivity contribution in [3.63, 3.8) is 0 Å². The van der Waals surface area contributed by atoms with Crippen LogP contribution in [0.15, 0.2) is 15.6 Å². The molecule has 1 aromatic rings. The summed E-state index contributed by atoms with van der Waals surface area (Å²) in [6.45, 7) is 9.99. The lowest BCUT2D eigenvalue weighted by atomic mass is 9.98. The summed E-state index contributed by atoms with van der Waals surface area (Å²) in [4.78, 5) is 14.4. The van der Waals surface area contributed by atoms with Crippen molar-refractivity contribution >= 4 is 15.9 Å². The van der Waals surface area contributed by atoms with Gasteiger partial charge in [0, 0.05) is 19.2 Å². The first kappa shape index (κ1) is 17.0. The second kappa shape index (κ2) is 5.07. The Morgan fingerprint density at radius 1 is 1.23 bits per heavy atom. The lowest BCUT2D eigenvalue weighted by Gasteiger charge is -2.47. The lowest BCUT2D eigenvalue weighted by Crippen LogP contribution is -2.58. The summed E-state index contributed by atoms with van der Waals surface area (Å²) in [6, 6.07) is 1.18. The zero-order valence-electron chi connectivity index (χ0n) is 13.5. The Labute approximate surface area is 130 Å². The van der Waals surface area contributed by atoms with Crippen molar-refractivity contribution in [2.24, 2.45) is 5.14 Å². The first-order chi connectivity index (χ1) is 9.81. The highest BCUT2D eigenvalue weighted by atomic mass is 32.2. The van der Waals surface area contributed by atoms with Gasteiger partial charge in [-0.05, 0) is 34.6 Å². The SMILES string of the molecule is Cc1oc(S(N)(=O)=O)cc1C(=O)N1CC(C)(C)OC(C)(C)C1. The Kier molecular flexibility index (Phi) is 3.92. The molecule has 22 heavy (non-hydrogen) atoms. The minimum atomic E-state index is -3.98. The van der Waals surface area contributed by atoms with E-state index in [0.717, 1.165) is 0 Å². The number of amides is 1. The maximum Gasteiger partial charge on any atom is 0.271 e. The van der Waals surface area contributed by atoms with Crippen LogP contribution < -0.4 is 5.14 Å². The van der Waals surface area contributed by atoms with Gasteiger partial charge < -0.3 is 14.1 Å². The van der Waals surface area contributed by atoms with Gasteiger partial charge in [-0.15, -0.1) is 0 Å². The fraction of sp³-hybridized carbons (Fsp3) is 0.643. The van der Waals surface area contributed by atoms with Crippen LogP contribution in [-0.2, 0) is 14.8 Å². The molecule has 1 saturated heterocycles. The Morgan fingerprint density at radius 2 is 1.73 bits per heavy atom. The highest BCUT2D eigenvalue weighted by molar-refractivity contribution is 7.89. The van der Waals surface area contributed by atoms with Gasteiger partial charge in [0.1, 0.15) is 5.76 Å². The summed E-state index contributed by atoms with van der Waals surface area (Å²) in [5.41, 5.74) is -0.770. The average Bonchev–Trinajstić information content (AvgIpc) is 2.65. The molecule has 0 radical (unpaired) electrons. The summed E-state index contributed by atoms with van der Waals surface area (Å²) < 4.78 is 33.7. The number of morpholine rings is 1. The number of ether oxygens (including phenoxy) is 1. The molecule has 2 heterocycles. The Bertz CT molecular complexity index is 687. The predicted octanol–water partition coefficient (Wildman–Crippen LogP) is 1.27. The Balaban J connectivity index is 2.34. The van der Waals surface area contributed by atoms with Crippen LogP contribution in [-0.4, -0.2) is 43.5 Å². The maximum atomic E-state index is 12.7. The highest BCUT2D eigenvalue weighted by Gasteiger charge is 2.40. The second-order valence-corrected chi connectivity index (χ2v) is 8.36. The van der Waals surface area contributed by atoms with Crippen molar-refractivity contribution in [3.05, 3.63) is 17.4 Å². The minimum Gasteiger partial charge on any atom is -0.448 e. The van der Waals surface area contributed by atoms with Crippen LogP contribution in [0.25, 0.3) is 0 Å². The van der Waals surface area contributed by atoms with Crippen LogP contribution in [0.4, 0.5) is 0 Å². The Hall–Kier alpha value is -1.38. The molecule has 8 heteroatoms. The fourth-order valence-electron chi connectivity index (χ4n) is 2.91. The summed E-state index contributed by atoms with van der Waals surface area (Å²) in [7, 11) is -3.98. The third kappa shape index (κ3) is 3.50. The van der Waals surface area contributed by atoms with Crippen LogP contribution in [0.2, 0.25) is 0 Å². The Morgan fingerprint density at radius 3 is 2.14 bits per heavy atom. The van der Waals surface area contributed by atoms with Gasteiger partial charge in [-0.25, -0.2) is 13.6 Å². The van der Waals surface area contributed by atoms with E-state index < -0.39 is 26.3 Å². The topological polar surface area (TPSA) is 103 Å². The van der Waals surface area contributed by atoms with Gasteiger partial charge in [-0.3, -0.25) is 4.79 Å². The van der Waals surface area contributed by atoms with Crippen molar-refractivity contribution in [1.29, 1.82) is 0 Å². The summed E-state index contributed by atoms with van der Waals surface area (Å²) >= 11 is 0. The molecule has 0 atom stereocenters. The number of hydrogen-bond donors (Lipinski definition) is 1. The molecule has 2 rings (SSSR count). The number of nitrogens with zero attached hydrogens (tertiary/aromatic N) is 1. The molecule has 1 aliphatic rings. The van der Waals surface area contributed by atoms with E-state index in [-0.39, 0.29) is 17.2 Å². The molecule has 7 nitrogen and oxygen atoms in total. The molecule has 124 valence electrons. The molecule has 0 bridgehead atoms. The van der Waals surface area contributed by atoms with Crippen molar-refractivity contribution in [1.82, 2.24) is 4.90 Å². The summed E-state index contributed by atoms with van der Waals surface area (Å²) in [5.74, 6) is -0.0586. The number of furan rings is 1. The first-order valence-corrected chi connectivity index (χ1v) is 8.48. The molecule has 1 fully saturated rings. The number of primary sulfonamides is 1. The fourth-order valence-corrected chi connectivity index (χ4v) is 3.43. The van der Waals surface area contributed by atoms with Crippen LogP contribution in [0, 0.1) is 6.92 Å². The molecule has 0 aromatic carbocycles. The highest BCUT2D eigenvalue weighted by Crippen LogP contribution is 2.30. The lowest BCUT2D eigenvalue weighted by molar-refractivity contribution is -0.171. The number of hydrogen-bond acceptors (Lipinski definition) is 5. The smallest absolute Gasteiger partial charge is 0.271 e. The molecular formula is C14H22N2O5S. The monoisotopic (exact) mass is 330 g/mol. The van der Waals surface area contributed by atoms with E-state index in [9.17, 15) is 13.2 Å². The van der Waals surface area contributed by atoms with E-state index in [4.69, 9.17) is 14.3 Å². The number of aryl methyl sites for hydroxylation is 1. The average molecular weight is 330 g/mol. The van der Waals surface area contributed by atoms with Gasteiger partial charge in [0.2, 0.25) is 5.09 Å². The van der Waals surface area contributed by atoms with Gasteiger partial charge in [-0.1, -0.05) is 0 Å². The summed E-state index contributed by atoms with van der Waals surface area (Å²) in [6.07, 6.45) is 0. The van der Waals surface area contributed by atoms with E-state index in [1.165, 1.54) is 6.07 Å². The molecule has 0 saturated carbocycles. The normalized spacial score (nSPS) is 20.9. The van der Waals surface area contributed by atoms with Gasteiger partial charge in [0.05, 0.1) is 16.8 Å². The van der Waals surface area contributed by atoms with Gasteiger partial charge in [0.25, 0.3) is 15.9 Å². The van der Waals surface area contributed by atoms with E-state index in [1.807, 2.05) is 27.7 Å². The van der Waals surface area contributed by atoms with Crippen LogP contribution in [0.3, 0.4) is 0 Å². The molecule has 1 aromatic heterocycles. The van der Waals surface area contributed by atoms with E-state index >= 15 is 0 Å². The zero-order chi connectivity index (χ0) is 16.9. The molecule has 1 aliphatic heterocycles. The number of rotatable bonds is 2. The predicted molar refractivity (Wildman–Crippen MR) is 80.0 cm³/mol. The number of sulfonamides is 1. The molecule has 1 amide bonds. The first-order valence-electron chi connectivity index (χ1n) is 6.93. The number of carbonyl (C=O) groups excluding carboxylic acids is 1. The van der Waals surface area contributed by atoms with E-state index in [0.29, 0.717) is 13.1 Å². The largest absolute Gasteiger partial charge is 0.448 e. The zero-order valence-corrected chi connectivity index (χ0v) is 14.3. The minimum absolute atomic E-state index is 0.206. The van der Waals surface area contributed by atoms with Crippen molar-refractivity contribution in [2.45, 2.75) is 50.9 Å². The third-order valence-corrected chi connectivity index (χ3v) is 4.15. The van der Waals surface area contributed by atoms with Crippen LogP contribution >= 0.6 is 0 Å². The molecule has 2 N–H and O–H groups in total. The van der Waals surface area contributed by atoms with Crippen molar-refractivity contribution < 1.29 is 22.4 Å².